The van der Waals surface area contributed by atoms with Crippen LogP contribution in [0, 0.1) is 12.8 Å². The molecule has 7 heteroatoms. The number of aryl methyl sites for hydroxylation is 1. The topological polar surface area (TPSA) is 109 Å². The highest BCUT2D eigenvalue weighted by molar-refractivity contribution is 6.06. The molecular weight excluding hydrogens is 340 g/mol. The summed E-state index contributed by atoms with van der Waals surface area (Å²) in [7, 11) is 0. The molecule has 0 radical (unpaired) electrons. The molecule has 1 saturated carbocycles. The highest BCUT2D eigenvalue weighted by atomic mass is 16.1. The molecule has 1 aliphatic carbocycles. The van der Waals surface area contributed by atoms with E-state index in [1.165, 1.54) is 6.42 Å². The Kier molecular flexibility index (Phi) is 5.39. The average Bonchev–Trinajstić information content (AvgIpc) is 2.56. The fourth-order valence-corrected chi connectivity index (χ4v) is 3.98. The molecule has 1 aliphatic heterocycles. The van der Waals surface area contributed by atoms with Gasteiger partial charge in [0.15, 0.2) is 0 Å². The van der Waals surface area contributed by atoms with Gasteiger partial charge in [-0.3, -0.25) is 9.69 Å². The molecule has 1 heterocycles. The molecule has 27 heavy (non-hydrogen) atoms. The Bertz CT molecular complexity index is 777. The molecule has 0 unspecified atom stereocenters. The van der Waals surface area contributed by atoms with Gasteiger partial charge in [-0.05, 0) is 56.2 Å². The van der Waals surface area contributed by atoms with Crippen molar-refractivity contribution in [2.75, 3.05) is 10.2 Å². The predicted molar refractivity (Wildman–Crippen MR) is 111 cm³/mol. The monoisotopic (exact) mass is 370 g/mol. The summed E-state index contributed by atoms with van der Waals surface area (Å²) in [5, 5.41) is 2.99. The minimum atomic E-state index is -0.487. The van der Waals surface area contributed by atoms with E-state index >= 15 is 0 Å². The number of benzene rings is 1. The zero-order valence-electron chi connectivity index (χ0n) is 16.5. The van der Waals surface area contributed by atoms with E-state index in [0.717, 1.165) is 42.6 Å². The molecule has 0 bridgehead atoms. The number of hydrogen-bond acceptors (Lipinski definition) is 6. The van der Waals surface area contributed by atoms with Crippen LogP contribution in [0.4, 0.5) is 11.4 Å². The van der Waals surface area contributed by atoms with Crippen molar-refractivity contribution in [3.05, 3.63) is 23.8 Å². The third kappa shape index (κ3) is 4.07. The molecule has 0 aromatic heterocycles. The largest absolute Gasteiger partial charge is 0.369 e. The van der Waals surface area contributed by atoms with E-state index in [1.807, 2.05) is 43.9 Å². The van der Waals surface area contributed by atoms with Crippen LogP contribution in [0.5, 0.6) is 0 Å². The lowest BCUT2D eigenvalue weighted by Gasteiger charge is -2.46. The van der Waals surface area contributed by atoms with Crippen molar-refractivity contribution in [1.29, 1.82) is 0 Å². The quantitative estimate of drug-likeness (QED) is 0.756. The van der Waals surface area contributed by atoms with Crippen LogP contribution in [0.25, 0.3) is 0 Å². The molecule has 7 nitrogen and oxygen atoms in total. The van der Waals surface area contributed by atoms with Gasteiger partial charge in [-0.2, -0.15) is 4.99 Å². The number of nitrogens with one attached hydrogen (secondary N) is 1. The molecular formula is C20H30N6O. The van der Waals surface area contributed by atoms with Gasteiger partial charge in [-0.25, -0.2) is 4.99 Å². The molecule has 5 N–H and O–H groups in total. The number of hydrogen-bond donors (Lipinski definition) is 3. The fraction of sp³-hybridized carbons (Fsp3) is 0.550. The SMILES string of the molecule is Cc1ccc(NC(=O)CC(C)C)cc1N1C(N)=NC(N)=NC12CCCCC2. The highest BCUT2D eigenvalue weighted by Crippen LogP contribution is 2.41. The summed E-state index contributed by atoms with van der Waals surface area (Å²) in [6.45, 7) is 6.08. The maximum atomic E-state index is 12.2. The number of guanidine groups is 2. The van der Waals surface area contributed by atoms with Gasteiger partial charge in [0.2, 0.25) is 17.8 Å². The molecule has 146 valence electrons. The summed E-state index contributed by atoms with van der Waals surface area (Å²) < 4.78 is 0. The highest BCUT2D eigenvalue weighted by Gasteiger charge is 2.43. The maximum Gasteiger partial charge on any atom is 0.224 e. The van der Waals surface area contributed by atoms with Gasteiger partial charge in [0.25, 0.3) is 0 Å². The molecule has 3 rings (SSSR count). The molecule has 1 spiro atoms. The minimum absolute atomic E-state index is 0.00901. The summed E-state index contributed by atoms with van der Waals surface area (Å²) >= 11 is 0. The number of anilines is 2. The van der Waals surface area contributed by atoms with Crippen LogP contribution in [0.3, 0.4) is 0 Å². The van der Waals surface area contributed by atoms with E-state index in [0.29, 0.717) is 18.3 Å². The molecule has 1 aromatic carbocycles. The first-order chi connectivity index (χ1) is 12.8. The molecule has 1 aromatic rings. The maximum absolute atomic E-state index is 12.2. The second kappa shape index (κ2) is 7.58. The van der Waals surface area contributed by atoms with Crippen LogP contribution in [0.15, 0.2) is 28.2 Å². The summed E-state index contributed by atoms with van der Waals surface area (Å²) in [4.78, 5) is 23.1. The van der Waals surface area contributed by atoms with Crippen molar-refractivity contribution >= 4 is 29.2 Å². The van der Waals surface area contributed by atoms with E-state index in [9.17, 15) is 4.79 Å². The molecule has 0 atom stereocenters. The van der Waals surface area contributed by atoms with Crippen LogP contribution < -0.4 is 21.7 Å². The second-order valence-corrected chi connectivity index (χ2v) is 7.97. The van der Waals surface area contributed by atoms with Crippen LogP contribution in [0.1, 0.15) is 57.9 Å². The zero-order chi connectivity index (χ0) is 19.6. The minimum Gasteiger partial charge on any atom is -0.369 e. The third-order valence-corrected chi connectivity index (χ3v) is 5.18. The van der Waals surface area contributed by atoms with E-state index in [4.69, 9.17) is 16.5 Å². The Balaban J connectivity index is 1.97. The van der Waals surface area contributed by atoms with Gasteiger partial charge in [0, 0.05) is 12.1 Å². The number of nitrogens with two attached hydrogens (primary N) is 2. The van der Waals surface area contributed by atoms with E-state index in [1.54, 1.807) is 0 Å². The molecule has 2 aliphatic rings. The molecule has 0 saturated heterocycles. The number of aliphatic imine (C=N–C) groups is 2. The van der Waals surface area contributed by atoms with Gasteiger partial charge in [-0.15, -0.1) is 0 Å². The lowest BCUT2D eigenvalue weighted by atomic mass is 9.87. The predicted octanol–water partition coefficient (Wildman–Crippen LogP) is 3.09. The second-order valence-electron chi connectivity index (χ2n) is 7.97. The zero-order valence-corrected chi connectivity index (χ0v) is 16.5. The third-order valence-electron chi connectivity index (χ3n) is 5.18. The van der Waals surface area contributed by atoms with Crippen LogP contribution in [-0.4, -0.2) is 23.5 Å². The Labute approximate surface area is 160 Å². The Morgan fingerprint density at radius 3 is 2.63 bits per heavy atom. The van der Waals surface area contributed by atoms with Crippen molar-refractivity contribution in [1.82, 2.24) is 0 Å². The van der Waals surface area contributed by atoms with Crippen molar-refractivity contribution < 1.29 is 4.79 Å². The normalized spacial score (nSPS) is 19.0. The van der Waals surface area contributed by atoms with Gasteiger partial charge in [0.05, 0.1) is 5.69 Å². The number of amides is 1. The number of nitrogens with zero attached hydrogens (tertiary/aromatic N) is 3. The van der Waals surface area contributed by atoms with Crippen molar-refractivity contribution in [2.24, 2.45) is 27.4 Å². The van der Waals surface area contributed by atoms with Crippen LogP contribution in [-0.2, 0) is 4.79 Å². The lowest BCUT2D eigenvalue weighted by molar-refractivity contribution is -0.116. The first-order valence-electron chi connectivity index (χ1n) is 9.71. The standard InChI is InChI=1S/C20H30N6O/c1-13(2)11-17(27)23-15-8-7-14(3)16(12-15)26-19(22)24-18(21)25-20(26)9-5-4-6-10-20/h7-8,12-13H,4-6,9-11H2,1-3H3,(H,23,27)(H4,21,22,24,25). The van der Waals surface area contributed by atoms with Crippen LogP contribution in [0.2, 0.25) is 0 Å². The summed E-state index contributed by atoms with van der Waals surface area (Å²) in [6.07, 6.45) is 5.59. The summed E-state index contributed by atoms with van der Waals surface area (Å²) in [5.74, 6) is 0.917. The first-order valence-corrected chi connectivity index (χ1v) is 9.71. The number of carbonyl (C=O) groups is 1. The van der Waals surface area contributed by atoms with Crippen LogP contribution >= 0.6 is 0 Å². The van der Waals surface area contributed by atoms with E-state index in [2.05, 4.69) is 10.3 Å². The first kappa shape index (κ1) is 19.2. The van der Waals surface area contributed by atoms with Gasteiger partial charge < -0.3 is 16.8 Å². The average molecular weight is 371 g/mol. The Hall–Kier alpha value is -2.57. The summed E-state index contributed by atoms with van der Waals surface area (Å²) in [5.41, 5.74) is 14.5. The van der Waals surface area contributed by atoms with Gasteiger partial charge >= 0.3 is 0 Å². The fourth-order valence-electron chi connectivity index (χ4n) is 3.98. The Morgan fingerprint density at radius 2 is 1.96 bits per heavy atom. The summed E-state index contributed by atoms with van der Waals surface area (Å²) in [6, 6.07) is 5.87. The van der Waals surface area contributed by atoms with Crippen molar-refractivity contribution in [3.8, 4) is 0 Å². The van der Waals surface area contributed by atoms with Gasteiger partial charge in [-0.1, -0.05) is 26.3 Å². The number of rotatable bonds is 4. The lowest BCUT2D eigenvalue weighted by Crippen LogP contribution is -2.58. The van der Waals surface area contributed by atoms with Gasteiger partial charge in [0.1, 0.15) is 5.66 Å². The van der Waals surface area contributed by atoms with E-state index < -0.39 is 5.66 Å². The smallest absolute Gasteiger partial charge is 0.224 e. The molecule has 1 fully saturated rings. The van der Waals surface area contributed by atoms with Crippen molar-refractivity contribution in [3.63, 3.8) is 0 Å². The van der Waals surface area contributed by atoms with Crippen molar-refractivity contribution in [2.45, 2.75) is 65.0 Å². The van der Waals surface area contributed by atoms with E-state index in [-0.39, 0.29) is 11.9 Å². The Morgan fingerprint density at radius 1 is 1.26 bits per heavy atom. The molecule has 1 amide bonds. The number of carbonyl (C=O) groups excluding carboxylic acids is 1.